The molecule has 3 N–H and O–H groups in total. The minimum atomic E-state index is -0.990. The largest absolute Gasteiger partial charge is 0.443 e. The smallest absolute Gasteiger partial charge is 0.427 e. The lowest BCUT2D eigenvalue weighted by Crippen LogP contribution is -2.50. The summed E-state index contributed by atoms with van der Waals surface area (Å²) in [5.74, 6) is -0.396. The Hall–Kier alpha value is -1.83. The van der Waals surface area contributed by atoms with Crippen molar-refractivity contribution in [2.45, 2.75) is 52.7 Å². The fourth-order valence-electron chi connectivity index (χ4n) is 1.11. The lowest BCUT2D eigenvalue weighted by atomic mass is 10.2. The van der Waals surface area contributed by atoms with Gasteiger partial charge in [0.25, 0.3) is 0 Å². The first kappa shape index (κ1) is 19.2. The predicted molar refractivity (Wildman–Crippen MR) is 77.9 cm³/mol. The Morgan fingerprint density at radius 1 is 1.05 bits per heavy atom. The summed E-state index contributed by atoms with van der Waals surface area (Å²) in [6.07, 6.45) is -1.98. The van der Waals surface area contributed by atoms with Gasteiger partial charge in [-0.05, 0) is 41.5 Å². The molecule has 0 unspecified atom stereocenters. The van der Waals surface area contributed by atoms with E-state index < -0.39 is 29.3 Å². The third-order valence-electron chi connectivity index (χ3n) is 1.76. The molecule has 2 amide bonds. The van der Waals surface area contributed by atoms with E-state index in [-0.39, 0.29) is 13.2 Å². The number of imide groups is 1. The van der Waals surface area contributed by atoms with E-state index in [0.29, 0.717) is 4.90 Å². The molecule has 0 radical (unpaired) electrons. The molecule has 0 aromatic carbocycles. The quantitative estimate of drug-likeness (QED) is 0.589. The van der Waals surface area contributed by atoms with Gasteiger partial charge < -0.3 is 20.3 Å². The summed E-state index contributed by atoms with van der Waals surface area (Å²) in [4.78, 5) is 28.4. The molecule has 0 aliphatic carbocycles. The lowest BCUT2D eigenvalue weighted by molar-refractivity contribution is 0.0145. The zero-order valence-electron chi connectivity index (χ0n) is 13.5. The number of nitrogens with zero attached hydrogens (tertiary/aromatic N) is 2. The van der Waals surface area contributed by atoms with Crippen LogP contribution in [0.25, 0.3) is 0 Å². The minimum absolute atomic E-state index is 0.0477. The molecule has 0 aromatic rings. The standard InChI is InChI=1S/C13H25N3O5/c1-12(2,3)20-10(18)16(9(14)15-7-8-17)11(19)21-13(4,5)6/h17H,7-8H2,1-6H3,(H2,14,15). The molecule has 122 valence electrons. The van der Waals surface area contributed by atoms with Gasteiger partial charge in [-0.25, -0.2) is 14.6 Å². The van der Waals surface area contributed by atoms with Crippen molar-refractivity contribution in [3.05, 3.63) is 0 Å². The average Bonchev–Trinajstić information content (AvgIpc) is 2.21. The van der Waals surface area contributed by atoms with Crippen LogP contribution in [-0.2, 0) is 9.47 Å². The van der Waals surface area contributed by atoms with Crippen molar-refractivity contribution in [2.24, 2.45) is 10.7 Å². The Labute approximate surface area is 124 Å². The number of carbonyl (C=O) groups excluding carboxylic acids is 2. The van der Waals surface area contributed by atoms with Crippen LogP contribution in [0.3, 0.4) is 0 Å². The van der Waals surface area contributed by atoms with Crippen molar-refractivity contribution in [1.82, 2.24) is 4.90 Å². The minimum Gasteiger partial charge on any atom is -0.443 e. The summed E-state index contributed by atoms with van der Waals surface area (Å²) >= 11 is 0. The van der Waals surface area contributed by atoms with Gasteiger partial charge in [-0.2, -0.15) is 0 Å². The number of aliphatic hydroxyl groups excluding tert-OH is 1. The summed E-state index contributed by atoms with van der Waals surface area (Å²) in [5, 5.41) is 8.73. The van der Waals surface area contributed by atoms with Gasteiger partial charge in [-0.3, -0.25) is 0 Å². The van der Waals surface area contributed by atoms with E-state index in [9.17, 15) is 9.59 Å². The van der Waals surface area contributed by atoms with Gasteiger partial charge in [-0.1, -0.05) is 0 Å². The first-order valence-electron chi connectivity index (χ1n) is 6.54. The molecule has 0 aliphatic heterocycles. The van der Waals surface area contributed by atoms with E-state index in [1.165, 1.54) is 0 Å². The second-order valence-corrected chi connectivity index (χ2v) is 6.26. The molecule has 8 nitrogen and oxygen atoms in total. The Kier molecular flexibility index (Phi) is 6.62. The van der Waals surface area contributed by atoms with E-state index in [4.69, 9.17) is 20.3 Å². The number of amides is 2. The topological polar surface area (TPSA) is 114 Å². The molecule has 0 rings (SSSR count). The molecule has 0 atom stereocenters. The zero-order valence-corrected chi connectivity index (χ0v) is 13.5. The van der Waals surface area contributed by atoms with E-state index in [2.05, 4.69) is 4.99 Å². The molecular weight excluding hydrogens is 278 g/mol. The van der Waals surface area contributed by atoms with Crippen molar-refractivity contribution in [3.63, 3.8) is 0 Å². The van der Waals surface area contributed by atoms with Gasteiger partial charge >= 0.3 is 12.2 Å². The summed E-state index contributed by atoms with van der Waals surface area (Å²) in [6, 6.07) is 0. The average molecular weight is 303 g/mol. The van der Waals surface area contributed by atoms with Crippen LogP contribution in [0.15, 0.2) is 4.99 Å². The van der Waals surface area contributed by atoms with Crippen molar-refractivity contribution >= 4 is 18.1 Å². The number of hydrogen-bond acceptors (Lipinski definition) is 6. The van der Waals surface area contributed by atoms with Crippen LogP contribution >= 0.6 is 0 Å². The molecule has 21 heavy (non-hydrogen) atoms. The highest BCUT2D eigenvalue weighted by molar-refractivity contribution is 6.07. The maximum absolute atomic E-state index is 12.1. The Bertz CT molecular complexity index is 379. The molecule has 8 heteroatoms. The molecule has 0 heterocycles. The molecule has 0 fully saturated rings. The van der Waals surface area contributed by atoms with Gasteiger partial charge in [-0.15, -0.1) is 4.90 Å². The highest BCUT2D eigenvalue weighted by Gasteiger charge is 2.33. The number of rotatable bonds is 2. The first-order valence-corrected chi connectivity index (χ1v) is 6.54. The third kappa shape index (κ3) is 8.13. The van der Waals surface area contributed by atoms with E-state index >= 15 is 0 Å². The number of hydrogen-bond donors (Lipinski definition) is 2. The normalized spacial score (nSPS) is 12.8. The number of nitrogens with two attached hydrogens (primary N) is 1. The number of aliphatic hydroxyl groups is 1. The summed E-state index contributed by atoms with van der Waals surface area (Å²) in [7, 11) is 0. The van der Waals surface area contributed by atoms with Crippen LogP contribution in [0.1, 0.15) is 41.5 Å². The second kappa shape index (κ2) is 7.26. The maximum atomic E-state index is 12.1. The molecular formula is C13H25N3O5. The van der Waals surface area contributed by atoms with Gasteiger partial charge in [0.1, 0.15) is 11.2 Å². The van der Waals surface area contributed by atoms with Gasteiger partial charge in [0.05, 0.1) is 13.2 Å². The number of aliphatic imine (C=N–C) groups is 1. The fraction of sp³-hybridized carbons (Fsp3) is 0.769. The molecule has 0 saturated carbocycles. The fourth-order valence-corrected chi connectivity index (χ4v) is 1.11. The first-order chi connectivity index (χ1) is 9.37. The summed E-state index contributed by atoms with van der Waals surface area (Å²) in [5.41, 5.74) is 3.98. The van der Waals surface area contributed by atoms with Crippen molar-refractivity contribution in [1.29, 1.82) is 0 Å². The molecule has 0 aromatic heterocycles. The number of guanidine groups is 1. The van der Waals surface area contributed by atoms with Crippen LogP contribution < -0.4 is 5.73 Å². The summed E-state index contributed by atoms with van der Waals surface area (Å²) < 4.78 is 10.2. The van der Waals surface area contributed by atoms with Gasteiger partial charge in [0, 0.05) is 0 Å². The van der Waals surface area contributed by atoms with Gasteiger partial charge in [0.2, 0.25) is 5.96 Å². The maximum Gasteiger partial charge on any atom is 0.427 e. The monoisotopic (exact) mass is 303 g/mol. The Morgan fingerprint density at radius 3 is 1.71 bits per heavy atom. The zero-order chi connectivity index (χ0) is 16.8. The van der Waals surface area contributed by atoms with E-state index in [1.54, 1.807) is 41.5 Å². The van der Waals surface area contributed by atoms with Crippen LogP contribution in [0.5, 0.6) is 0 Å². The predicted octanol–water partition coefficient (Wildman–Crippen LogP) is 1.47. The highest BCUT2D eigenvalue weighted by atomic mass is 16.6. The van der Waals surface area contributed by atoms with E-state index in [0.717, 1.165) is 0 Å². The van der Waals surface area contributed by atoms with Crippen molar-refractivity contribution < 1.29 is 24.2 Å². The van der Waals surface area contributed by atoms with Crippen molar-refractivity contribution in [3.8, 4) is 0 Å². The molecule has 0 bridgehead atoms. The molecule has 0 spiro atoms. The van der Waals surface area contributed by atoms with Crippen LogP contribution in [0.2, 0.25) is 0 Å². The van der Waals surface area contributed by atoms with Crippen LogP contribution in [-0.4, -0.2) is 52.5 Å². The third-order valence-corrected chi connectivity index (χ3v) is 1.76. The number of carbonyl (C=O) groups is 2. The Morgan fingerprint density at radius 2 is 1.43 bits per heavy atom. The SMILES string of the molecule is CC(C)(C)OC(=O)N(C(=O)OC(C)(C)C)C(N)=NCCO. The Balaban J connectivity index is 5.28. The van der Waals surface area contributed by atoms with Crippen molar-refractivity contribution in [2.75, 3.05) is 13.2 Å². The highest BCUT2D eigenvalue weighted by Crippen LogP contribution is 2.14. The second-order valence-electron chi connectivity index (χ2n) is 6.26. The van der Waals surface area contributed by atoms with E-state index in [1.807, 2.05) is 0 Å². The number of ether oxygens (including phenoxy) is 2. The summed E-state index contributed by atoms with van der Waals surface area (Å²) in [6.45, 7) is 9.60. The molecule has 0 saturated heterocycles. The van der Waals surface area contributed by atoms with Crippen LogP contribution in [0, 0.1) is 0 Å². The van der Waals surface area contributed by atoms with Crippen LogP contribution in [0.4, 0.5) is 9.59 Å². The lowest BCUT2D eigenvalue weighted by Gasteiger charge is -2.27. The van der Waals surface area contributed by atoms with Gasteiger partial charge in [0.15, 0.2) is 0 Å². The molecule has 0 aliphatic rings.